The molecule has 0 saturated carbocycles. The van der Waals surface area contributed by atoms with Crippen molar-refractivity contribution in [2.24, 2.45) is 0 Å². The smallest absolute Gasteiger partial charge is 0.332 e. The van der Waals surface area contributed by atoms with Crippen LogP contribution < -0.4 is 4.90 Å². The van der Waals surface area contributed by atoms with E-state index in [1.165, 1.54) is 4.90 Å². The van der Waals surface area contributed by atoms with E-state index in [2.05, 4.69) is 0 Å². The molecule has 2 aromatic carbocycles. The van der Waals surface area contributed by atoms with Crippen molar-refractivity contribution in [1.29, 1.82) is 0 Å². The summed E-state index contributed by atoms with van der Waals surface area (Å²) >= 11 is 12.2. The molecule has 0 aromatic heterocycles. The molecule has 146 valence electrons. The zero-order valence-electron chi connectivity index (χ0n) is 15.4. The summed E-state index contributed by atoms with van der Waals surface area (Å²) in [5.41, 5.74) is 1.17. The zero-order chi connectivity index (χ0) is 20.1. The Balaban J connectivity index is 1.73. The van der Waals surface area contributed by atoms with Gasteiger partial charge in [0.15, 0.2) is 0 Å². The molecule has 0 radical (unpaired) electrons. The lowest BCUT2D eigenvalue weighted by molar-refractivity contribution is -0.123. The summed E-state index contributed by atoms with van der Waals surface area (Å²) in [5.74, 6) is -0.254. The van der Waals surface area contributed by atoms with Crippen LogP contribution in [0.2, 0.25) is 10.0 Å². The van der Waals surface area contributed by atoms with Crippen LogP contribution in [-0.2, 0) is 11.2 Å². The molecule has 2 aliphatic heterocycles. The first-order chi connectivity index (χ1) is 13.3. The molecule has 5 nitrogen and oxygen atoms in total. The molecule has 3 amide bonds. The van der Waals surface area contributed by atoms with Crippen molar-refractivity contribution in [2.75, 3.05) is 11.4 Å². The fourth-order valence-corrected chi connectivity index (χ4v) is 4.77. The maximum atomic E-state index is 13.5. The molecule has 2 aromatic rings. The largest absolute Gasteiger partial charge is 0.389 e. The summed E-state index contributed by atoms with van der Waals surface area (Å²) in [4.78, 5) is 29.4. The van der Waals surface area contributed by atoms with Gasteiger partial charge in [-0.25, -0.2) is 9.69 Å². The van der Waals surface area contributed by atoms with E-state index in [9.17, 15) is 14.7 Å². The highest BCUT2D eigenvalue weighted by Gasteiger charge is 2.59. The van der Waals surface area contributed by atoms with E-state index in [0.29, 0.717) is 35.1 Å². The second-order valence-electron chi connectivity index (χ2n) is 7.44. The highest BCUT2D eigenvalue weighted by atomic mass is 35.5. The number of carbonyl (C=O) groups excluding carboxylic acids is 2. The minimum absolute atomic E-state index is 0.254. The maximum Gasteiger partial charge on any atom is 0.332 e. The third-order valence-corrected chi connectivity index (χ3v) is 5.98. The van der Waals surface area contributed by atoms with E-state index in [0.717, 1.165) is 17.5 Å². The molecular formula is C21H20Cl2N2O3. The molecule has 7 heteroatoms. The van der Waals surface area contributed by atoms with Crippen LogP contribution in [0.4, 0.5) is 10.5 Å². The van der Waals surface area contributed by atoms with Gasteiger partial charge in [-0.3, -0.25) is 4.79 Å². The fourth-order valence-electron chi connectivity index (χ4n) is 4.25. The lowest BCUT2D eigenvalue weighted by Crippen LogP contribution is -2.47. The first kappa shape index (κ1) is 19.2. The van der Waals surface area contributed by atoms with Crippen molar-refractivity contribution in [1.82, 2.24) is 4.90 Å². The van der Waals surface area contributed by atoms with Gasteiger partial charge in [0.2, 0.25) is 0 Å². The molecule has 4 rings (SSSR count). The molecule has 2 atom stereocenters. The van der Waals surface area contributed by atoms with Crippen LogP contribution in [0, 0.1) is 0 Å². The molecule has 2 fully saturated rings. The summed E-state index contributed by atoms with van der Waals surface area (Å²) < 4.78 is 0. The molecule has 0 aliphatic carbocycles. The van der Waals surface area contributed by atoms with E-state index in [4.69, 9.17) is 23.2 Å². The van der Waals surface area contributed by atoms with Gasteiger partial charge in [-0.1, -0.05) is 47.5 Å². The van der Waals surface area contributed by atoms with Crippen LogP contribution >= 0.6 is 23.2 Å². The number of urea groups is 1. The van der Waals surface area contributed by atoms with E-state index >= 15 is 0 Å². The molecule has 28 heavy (non-hydrogen) atoms. The minimum Gasteiger partial charge on any atom is -0.389 e. The van der Waals surface area contributed by atoms with Gasteiger partial charge < -0.3 is 10.0 Å². The van der Waals surface area contributed by atoms with Crippen molar-refractivity contribution in [2.45, 2.75) is 37.8 Å². The average molecular weight is 419 g/mol. The standard InChI is InChI=1S/C21H20Cl2N2O3/c1-13(26)15-5-2-4-14(8-15)12-21-6-3-7-24(21)20(28)25(19(21)27)18-10-16(22)9-17(23)11-18/h2,4-5,8-11,13,26H,3,6-7,12H2,1H3. The van der Waals surface area contributed by atoms with Gasteiger partial charge in [0.1, 0.15) is 5.54 Å². The molecular weight excluding hydrogens is 399 g/mol. The number of fused-ring (bicyclic) bond motifs is 1. The van der Waals surface area contributed by atoms with Gasteiger partial charge in [-0.15, -0.1) is 0 Å². The number of rotatable bonds is 4. The number of aliphatic hydroxyl groups excluding tert-OH is 1. The molecule has 0 spiro atoms. The summed E-state index contributed by atoms with van der Waals surface area (Å²) in [6, 6.07) is 11.9. The monoisotopic (exact) mass is 418 g/mol. The van der Waals surface area contributed by atoms with E-state index in [1.54, 1.807) is 30.0 Å². The lowest BCUT2D eigenvalue weighted by Gasteiger charge is -2.28. The van der Waals surface area contributed by atoms with Crippen molar-refractivity contribution < 1.29 is 14.7 Å². The number of aliphatic hydroxyl groups is 1. The minimum atomic E-state index is -0.913. The first-order valence-electron chi connectivity index (χ1n) is 9.21. The third-order valence-electron chi connectivity index (χ3n) is 5.55. The Morgan fingerprint density at radius 3 is 2.54 bits per heavy atom. The molecule has 2 aliphatic rings. The normalized spacial score (nSPS) is 22.7. The number of nitrogens with zero attached hydrogens (tertiary/aromatic N) is 2. The number of amides is 3. The van der Waals surface area contributed by atoms with Crippen molar-refractivity contribution in [3.05, 3.63) is 63.6 Å². The Hall–Kier alpha value is -2.08. The van der Waals surface area contributed by atoms with Crippen LogP contribution in [0.15, 0.2) is 42.5 Å². The van der Waals surface area contributed by atoms with E-state index < -0.39 is 11.6 Å². The third kappa shape index (κ3) is 3.08. The number of benzene rings is 2. The number of hydrogen-bond donors (Lipinski definition) is 1. The summed E-state index contributed by atoms with van der Waals surface area (Å²) in [7, 11) is 0. The fraction of sp³-hybridized carbons (Fsp3) is 0.333. The van der Waals surface area contributed by atoms with Gasteiger partial charge in [-0.05, 0) is 49.1 Å². The van der Waals surface area contributed by atoms with E-state index in [1.807, 2.05) is 24.3 Å². The van der Waals surface area contributed by atoms with Crippen LogP contribution in [0.5, 0.6) is 0 Å². The highest BCUT2D eigenvalue weighted by Crippen LogP contribution is 2.43. The molecule has 2 unspecified atom stereocenters. The summed E-state index contributed by atoms with van der Waals surface area (Å²) in [6.07, 6.45) is 1.19. The Labute approximate surface area is 173 Å². The zero-order valence-corrected chi connectivity index (χ0v) is 16.9. The molecule has 0 bridgehead atoms. The van der Waals surface area contributed by atoms with Crippen molar-refractivity contribution >= 4 is 40.8 Å². The van der Waals surface area contributed by atoms with Crippen molar-refractivity contribution in [3.8, 4) is 0 Å². The lowest BCUT2D eigenvalue weighted by atomic mass is 9.87. The quantitative estimate of drug-likeness (QED) is 0.738. The molecule has 1 N–H and O–H groups in total. The number of halogens is 2. The van der Waals surface area contributed by atoms with Crippen molar-refractivity contribution in [3.63, 3.8) is 0 Å². The Morgan fingerprint density at radius 2 is 1.86 bits per heavy atom. The predicted molar refractivity (Wildman–Crippen MR) is 109 cm³/mol. The van der Waals surface area contributed by atoms with Gasteiger partial charge in [0, 0.05) is 23.0 Å². The Bertz CT molecular complexity index is 942. The second-order valence-corrected chi connectivity index (χ2v) is 8.31. The topological polar surface area (TPSA) is 60.9 Å². The molecule has 2 heterocycles. The average Bonchev–Trinajstić information content (AvgIpc) is 3.13. The Morgan fingerprint density at radius 1 is 1.14 bits per heavy atom. The first-order valence-corrected chi connectivity index (χ1v) is 9.96. The highest BCUT2D eigenvalue weighted by molar-refractivity contribution is 6.35. The molecule has 2 saturated heterocycles. The number of anilines is 1. The number of carbonyl (C=O) groups is 2. The van der Waals surface area contributed by atoms with Crippen LogP contribution in [0.1, 0.15) is 37.0 Å². The number of imide groups is 1. The van der Waals surface area contributed by atoms with Gasteiger partial charge >= 0.3 is 6.03 Å². The van der Waals surface area contributed by atoms with Crippen LogP contribution in [0.3, 0.4) is 0 Å². The maximum absolute atomic E-state index is 13.5. The second kappa shape index (κ2) is 7.07. The van der Waals surface area contributed by atoms with Gasteiger partial charge in [-0.2, -0.15) is 0 Å². The summed E-state index contributed by atoms with van der Waals surface area (Å²) in [6.45, 7) is 2.24. The summed E-state index contributed by atoms with van der Waals surface area (Å²) in [5, 5.41) is 10.6. The Kier molecular flexibility index (Phi) is 4.86. The van der Waals surface area contributed by atoms with Crippen LogP contribution in [0.25, 0.3) is 0 Å². The van der Waals surface area contributed by atoms with Crippen LogP contribution in [-0.4, -0.2) is 34.0 Å². The number of hydrogen-bond acceptors (Lipinski definition) is 3. The predicted octanol–water partition coefficient (Wildman–Crippen LogP) is 4.59. The van der Waals surface area contributed by atoms with Gasteiger partial charge in [0.25, 0.3) is 5.91 Å². The van der Waals surface area contributed by atoms with E-state index in [-0.39, 0.29) is 11.9 Å². The SMILES string of the molecule is CC(O)c1cccc(CC23CCCN2C(=O)N(c2cc(Cl)cc(Cl)c2)C3=O)c1. The van der Waals surface area contributed by atoms with Gasteiger partial charge in [0.05, 0.1) is 11.8 Å².